The van der Waals surface area contributed by atoms with Gasteiger partial charge in [-0.3, -0.25) is 4.79 Å². The number of esters is 1. The lowest BCUT2D eigenvalue weighted by atomic mass is 9.76. The van der Waals surface area contributed by atoms with Crippen LogP contribution >= 0.6 is 0 Å². The molecular weight excluding hydrogens is 224 g/mol. The van der Waals surface area contributed by atoms with Crippen LogP contribution in [0.2, 0.25) is 0 Å². The standard InChI is InChI=1S/C16H30O2/c1-12(11-16(2,3)4)14(15(17)18-5)10-13-8-6-7-9-13/h12-14H,6-11H2,1-5H3. The molecule has 1 aliphatic rings. The van der Waals surface area contributed by atoms with E-state index in [-0.39, 0.29) is 17.3 Å². The maximum Gasteiger partial charge on any atom is 0.308 e. The van der Waals surface area contributed by atoms with Gasteiger partial charge >= 0.3 is 5.97 Å². The Bertz CT molecular complexity index is 259. The van der Waals surface area contributed by atoms with Crippen molar-refractivity contribution in [1.82, 2.24) is 0 Å². The van der Waals surface area contributed by atoms with Gasteiger partial charge in [-0.15, -0.1) is 0 Å². The topological polar surface area (TPSA) is 26.3 Å². The molecule has 1 aliphatic carbocycles. The lowest BCUT2D eigenvalue weighted by molar-refractivity contribution is -0.148. The summed E-state index contributed by atoms with van der Waals surface area (Å²) in [6.07, 6.45) is 7.40. The molecule has 106 valence electrons. The van der Waals surface area contributed by atoms with Crippen LogP contribution in [0, 0.1) is 23.2 Å². The van der Waals surface area contributed by atoms with Crippen molar-refractivity contribution in [2.24, 2.45) is 23.2 Å². The number of methoxy groups -OCH3 is 1. The Morgan fingerprint density at radius 1 is 1.28 bits per heavy atom. The van der Waals surface area contributed by atoms with E-state index in [0.29, 0.717) is 5.92 Å². The van der Waals surface area contributed by atoms with Crippen LogP contribution in [-0.4, -0.2) is 13.1 Å². The number of carbonyl (C=O) groups is 1. The van der Waals surface area contributed by atoms with E-state index in [1.807, 2.05) is 0 Å². The van der Waals surface area contributed by atoms with Gasteiger partial charge in [-0.05, 0) is 30.1 Å². The Morgan fingerprint density at radius 3 is 2.28 bits per heavy atom. The number of carbonyl (C=O) groups excluding carboxylic acids is 1. The summed E-state index contributed by atoms with van der Waals surface area (Å²) >= 11 is 0. The van der Waals surface area contributed by atoms with E-state index >= 15 is 0 Å². The normalized spacial score (nSPS) is 20.7. The van der Waals surface area contributed by atoms with Crippen LogP contribution < -0.4 is 0 Å². The average Bonchev–Trinajstić information content (AvgIpc) is 2.75. The highest BCUT2D eigenvalue weighted by Crippen LogP contribution is 2.36. The second-order valence-electron chi connectivity index (χ2n) is 7.26. The fourth-order valence-corrected chi connectivity index (χ4v) is 3.43. The Kier molecular flexibility index (Phi) is 5.68. The van der Waals surface area contributed by atoms with E-state index in [9.17, 15) is 4.79 Å². The Morgan fingerprint density at radius 2 is 1.83 bits per heavy atom. The summed E-state index contributed by atoms with van der Waals surface area (Å²) in [5, 5.41) is 0. The lowest BCUT2D eigenvalue weighted by Crippen LogP contribution is -2.28. The minimum Gasteiger partial charge on any atom is -0.469 e. The SMILES string of the molecule is COC(=O)C(CC1CCCC1)C(C)CC(C)(C)C. The maximum absolute atomic E-state index is 12.0. The summed E-state index contributed by atoms with van der Waals surface area (Å²) < 4.78 is 5.02. The van der Waals surface area contributed by atoms with E-state index in [0.717, 1.165) is 18.8 Å². The summed E-state index contributed by atoms with van der Waals surface area (Å²) in [7, 11) is 1.52. The molecule has 0 N–H and O–H groups in total. The van der Waals surface area contributed by atoms with Gasteiger partial charge < -0.3 is 4.74 Å². The summed E-state index contributed by atoms with van der Waals surface area (Å²) in [6, 6.07) is 0. The molecule has 0 aromatic carbocycles. The van der Waals surface area contributed by atoms with Gasteiger partial charge in [0.15, 0.2) is 0 Å². The first-order chi connectivity index (χ1) is 8.33. The van der Waals surface area contributed by atoms with Gasteiger partial charge in [0, 0.05) is 0 Å². The van der Waals surface area contributed by atoms with Crippen LogP contribution in [-0.2, 0) is 9.53 Å². The van der Waals surface area contributed by atoms with Crippen molar-refractivity contribution in [3.05, 3.63) is 0 Å². The quantitative estimate of drug-likeness (QED) is 0.678. The van der Waals surface area contributed by atoms with E-state index in [4.69, 9.17) is 4.74 Å². The van der Waals surface area contributed by atoms with Crippen molar-refractivity contribution in [3.8, 4) is 0 Å². The summed E-state index contributed by atoms with van der Waals surface area (Å²) in [5.41, 5.74) is 0.279. The highest BCUT2D eigenvalue weighted by molar-refractivity contribution is 5.72. The average molecular weight is 254 g/mol. The molecule has 2 atom stereocenters. The zero-order valence-electron chi connectivity index (χ0n) is 12.8. The molecule has 0 saturated heterocycles. The van der Waals surface area contributed by atoms with Crippen LogP contribution in [0.3, 0.4) is 0 Å². The zero-order valence-corrected chi connectivity index (χ0v) is 12.8. The molecule has 0 heterocycles. The molecule has 1 saturated carbocycles. The molecule has 2 unspecified atom stereocenters. The van der Waals surface area contributed by atoms with Gasteiger partial charge in [-0.2, -0.15) is 0 Å². The molecular formula is C16H30O2. The zero-order chi connectivity index (χ0) is 13.8. The fourth-order valence-electron chi connectivity index (χ4n) is 3.43. The molecule has 2 nitrogen and oxygen atoms in total. The summed E-state index contributed by atoms with van der Waals surface area (Å²) in [5.74, 6) is 1.26. The van der Waals surface area contributed by atoms with E-state index in [1.165, 1.54) is 32.8 Å². The van der Waals surface area contributed by atoms with Crippen molar-refractivity contribution in [2.75, 3.05) is 7.11 Å². The van der Waals surface area contributed by atoms with Gasteiger partial charge in [0.05, 0.1) is 13.0 Å². The van der Waals surface area contributed by atoms with Gasteiger partial charge in [-0.25, -0.2) is 0 Å². The van der Waals surface area contributed by atoms with E-state index in [2.05, 4.69) is 27.7 Å². The predicted octanol–water partition coefficient (Wildman–Crippen LogP) is 4.43. The number of hydrogen-bond acceptors (Lipinski definition) is 2. The third-order valence-electron chi connectivity index (χ3n) is 4.19. The molecule has 0 radical (unpaired) electrons. The minimum atomic E-state index is -0.00125. The molecule has 0 aromatic rings. The van der Waals surface area contributed by atoms with Crippen LogP contribution in [0.1, 0.15) is 66.2 Å². The van der Waals surface area contributed by atoms with Crippen LogP contribution in [0.4, 0.5) is 0 Å². The smallest absolute Gasteiger partial charge is 0.308 e. The van der Waals surface area contributed by atoms with Gasteiger partial charge in [-0.1, -0.05) is 53.4 Å². The second-order valence-corrected chi connectivity index (χ2v) is 7.26. The molecule has 0 aliphatic heterocycles. The third-order valence-corrected chi connectivity index (χ3v) is 4.19. The van der Waals surface area contributed by atoms with Crippen molar-refractivity contribution in [1.29, 1.82) is 0 Å². The molecule has 0 spiro atoms. The van der Waals surface area contributed by atoms with Crippen molar-refractivity contribution >= 4 is 5.97 Å². The number of rotatable bonds is 5. The largest absolute Gasteiger partial charge is 0.469 e. The third kappa shape index (κ3) is 4.99. The fraction of sp³-hybridized carbons (Fsp3) is 0.938. The highest BCUT2D eigenvalue weighted by atomic mass is 16.5. The van der Waals surface area contributed by atoms with Gasteiger partial charge in [0.2, 0.25) is 0 Å². The van der Waals surface area contributed by atoms with Crippen LogP contribution in [0.25, 0.3) is 0 Å². The summed E-state index contributed by atoms with van der Waals surface area (Å²) in [4.78, 5) is 12.0. The van der Waals surface area contributed by atoms with Gasteiger partial charge in [0.1, 0.15) is 0 Å². The maximum atomic E-state index is 12.0. The second kappa shape index (κ2) is 6.58. The van der Waals surface area contributed by atoms with E-state index in [1.54, 1.807) is 0 Å². The lowest BCUT2D eigenvalue weighted by Gasteiger charge is -2.29. The first kappa shape index (κ1) is 15.5. The molecule has 0 bridgehead atoms. The van der Waals surface area contributed by atoms with Crippen LogP contribution in [0.5, 0.6) is 0 Å². The Labute approximate surface area is 112 Å². The highest BCUT2D eigenvalue weighted by Gasteiger charge is 2.32. The minimum absolute atomic E-state index is 0.00125. The predicted molar refractivity (Wildman–Crippen MR) is 75.3 cm³/mol. The monoisotopic (exact) mass is 254 g/mol. The Balaban J connectivity index is 2.61. The molecule has 0 aromatic heterocycles. The molecule has 0 amide bonds. The first-order valence-corrected chi connectivity index (χ1v) is 7.41. The van der Waals surface area contributed by atoms with E-state index < -0.39 is 0 Å². The van der Waals surface area contributed by atoms with Crippen molar-refractivity contribution < 1.29 is 9.53 Å². The first-order valence-electron chi connectivity index (χ1n) is 7.41. The number of hydrogen-bond donors (Lipinski definition) is 0. The molecule has 18 heavy (non-hydrogen) atoms. The number of ether oxygens (including phenoxy) is 1. The molecule has 1 fully saturated rings. The Hall–Kier alpha value is -0.530. The molecule has 1 rings (SSSR count). The molecule has 2 heteroatoms. The van der Waals surface area contributed by atoms with Crippen molar-refractivity contribution in [2.45, 2.75) is 66.2 Å². The van der Waals surface area contributed by atoms with Crippen LogP contribution in [0.15, 0.2) is 0 Å². The summed E-state index contributed by atoms with van der Waals surface area (Å²) in [6.45, 7) is 8.94. The van der Waals surface area contributed by atoms with Crippen molar-refractivity contribution in [3.63, 3.8) is 0 Å². The van der Waals surface area contributed by atoms with Gasteiger partial charge in [0.25, 0.3) is 0 Å².